The zero-order valence-electron chi connectivity index (χ0n) is 16.1. The van der Waals surface area contributed by atoms with E-state index in [4.69, 9.17) is 21.1 Å². The van der Waals surface area contributed by atoms with Gasteiger partial charge in [0.1, 0.15) is 6.04 Å². The van der Waals surface area contributed by atoms with Crippen LogP contribution in [-0.4, -0.2) is 40.1 Å². The van der Waals surface area contributed by atoms with Crippen LogP contribution in [0.4, 0.5) is 0 Å². The number of aryl methyl sites for hydroxylation is 1. The molecule has 0 aliphatic carbocycles. The lowest BCUT2D eigenvalue weighted by Gasteiger charge is -2.31. The van der Waals surface area contributed by atoms with E-state index in [1.807, 2.05) is 37.4 Å². The Balaban J connectivity index is 1.71. The van der Waals surface area contributed by atoms with Gasteiger partial charge in [-0.05, 0) is 41.5 Å². The zero-order chi connectivity index (χ0) is 21.0. The van der Waals surface area contributed by atoms with Crippen molar-refractivity contribution in [3.05, 3.63) is 58.8 Å². The fourth-order valence-electron chi connectivity index (χ4n) is 4.42. The molecule has 0 unspecified atom stereocenters. The number of alkyl halides is 1. The maximum atomic E-state index is 12.1. The van der Waals surface area contributed by atoms with Gasteiger partial charge in [0.05, 0.1) is 11.9 Å². The molecular weight excluding hydrogens is 408 g/mol. The second-order valence-electron chi connectivity index (χ2n) is 7.52. The lowest BCUT2D eigenvalue weighted by atomic mass is 9.89. The summed E-state index contributed by atoms with van der Waals surface area (Å²) in [6.07, 6.45) is 0.321. The number of hydrogen-bond donors (Lipinski definition) is 2. The van der Waals surface area contributed by atoms with E-state index in [0.29, 0.717) is 23.5 Å². The smallest absolute Gasteiger partial charge is 0.321 e. The van der Waals surface area contributed by atoms with Gasteiger partial charge in [-0.3, -0.25) is 14.9 Å². The molecule has 2 N–H and O–H groups in total. The number of benzene rings is 2. The van der Waals surface area contributed by atoms with E-state index >= 15 is 0 Å². The molecule has 7 nitrogen and oxygen atoms in total. The van der Waals surface area contributed by atoms with Crippen molar-refractivity contribution in [3.8, 4) is 11.5 Å². The van der Waals surface area contributed by atoms with E-state index in [1.165, 1.54) is 0 Å². The topological polar surface area (TPSA) is 89.8 Å². The third-order valence-electron chi connectivity index (χ3n) is 5.87. The highest BCUT2D eigenvalue weighted by molar-refractivity contribution is 6.30. The SMILES string of the molecule is Cn1c2c(c3cc(C(=O)CCl)ccc31)C[C@H](C(=O)O)N[C@H]2c1ccc2c(c1)OCO2. The number of aliphatic carboxylic acids is 1. The minimum Gasteiger partial charge on any atom is -0.480 e. The van der Waals surface area contributed by atoms with E-state index in [2.05, 4.69) is 9.88 Å². The summed E-state index contributed by atoms with van der Waals surface area (Å²) >= 11 is 5.74. The Morgan fingerprint density at radius 1 is 1.20 bits per heavy atom. The molecule has 0 radical (unpaired) electrons. The van der Waals surface area contributed by atoms with Gasteiger partial charge in [-0.25, -0.2) is 0 Å². The number of carbonyl (C=O) groups excluding carboxylic acids is 1. The predicted octanol–water partition coefficient (Wildman–Crippen LogP) is 3.02. The third-order valence-corrected chi connectivity index (χ3v) is 6.12. The van der Waals surface area contributed by atoms with Gasteiger partial charge in [0.15, 0.2) is 17.3 Å². The van der Waals surface area contributed by atoms with Crippen LogP contribution >= 0.6 is 11.6 Å². The van der Waals surface area contributed by atoms with Crippen LogP contribution in [0.3, 0.4) is 0 Å². The second-order valence-corrected chi connectivity index (χ2v) is 7.79. The number of Topliss-reactive ketones (excluding diaryl/α,β-unsaturated/α-hetero) is 1. The first-order chi connectivity index (χ1) is 14.5. The summed E-state index contributed by atoms with van der Waals surface area (Å²) in [5.74, 6) is 0.135. The van der Waals surface area contributed by atoms with Crippen LogP contribution in [0.1, 0.15) is 33.2 Å². The molecule has 0 spiro atoms. The van der Waals surface area contributed by atoms with E-state index in [0.717, 1.165) is 27.7 Å². The van der Waals surface area contributed by atoms with E-state index in [1.54, 1.807) is 6.07 Å². The number of carboxylic acid groups (broad SMARTS) is 1. The fraction of sp³-hybridized carbons (Fsp3) is 0.273. The number of nitrogens with one attached hydrogen (secondary N) is 1. The molecule has 30 heavy (non-hydrogen) atoms. The third kappa shape index (κ3) is 2.85. The fourth-order valence-corrected chi connectivity index (χ4v) is 4.58. The van der Waals surface area contributed by atoms with Crippen LogP contribution < -0.4 is 14.8 Å². The van der Waals surface area contributed by atoms with E-state index in [9.17, 15) is 14.7 Å². The first-order valence-corrected chi connectivity index (χ1v) is 10.1. The summed E-state index contributed by atoms with van der Waals surface area (Å²) in [7, 11) is 1.95. The highest BCUT2D eigenvalue weighted by atomic mass is 35.5. The maximum Gasteiger partial charge on any atom is 0.321 e. The molecule has 8 heteroatoms. The molecule has 2 aliphatic rings. The Morgan fingerprint density at radius 3 is 2.77 bits per heavy atom. The van der Waals surface area contributed by atoms with Crippen molar-refractivity contribution in [2.24, 2.45) is 7.05 Å². The molecular formula is C22H19ClN2O5. The van der Waals surface area contributed by atoms with Gasteiger partial charge in [0.25, 0.3) is 0 Å². The molecule has 2 aliphatic heterocycles. The van der Waals surface area contributed by atoms with Crippen molar-refractivity contribution in [1.82, 2.24) is 9.88 Å². The molecule has 3 aromatic rings. The highest BCUT2D eigenvalue weighted by Gasteiger charge is 2.36. The molecule has 0 saturated heterocycles. The van der Waals surface area contributed by atoms with Crippen molar-refractivity contribution < 1.29 is 24.2 Å². The molecule has 0 bridgehead atoms. The number of ketones is 1. The van der Waals surface area contributed by atoms with Crippen molar-refractivity contribution in [2.75, 3.05) is 12.7 Å². The first-order valence-electron chi connectivity index (χ1n) is 9.56. The standard InChI is InChI=1S/C22H19ClN2O5/c1-25-16-4-2-11(17(26)9-23)6-13(16)14-8-15(22(27)28)24-20(21(14)25)12-3-5-18-19(7-12)30-10-29-18/h2-7,15,20,24H,8-10H2,1H3,(H,27,28)/t15-,20+/m1/s1. The quantitative estimate of drug-likeness (QED) is 0.492. The molecule has 1 aromatic heterocycles. The van der Waals surface area contributed by atoms with Gasteiger partial charge in [-0.15, -0.1) is 11.6 Å². The van der Waals surface area contributed by atoms with Gasteiger partial charge in [-0.1, -0.05) is 6.07 Å². The lowest BCUT2D eigenvalue weighted by molar-refractivity contribution is -0.139. The summed E-state index contributed by atoms with van der Waals surface area (Å²) in [6, 6.07) is 9.99. The minimum absolute atomic E-state index is 0.0976. The Hall–Kier alpha value is -3.03. The summed E-state index contributed by atoms with van der Waals surface area (Å²) in [6.45, 7) is 0.172. The average Bonchev–Trinajstić information content (AvgIpc) is 3.34. The van der Waals surface area contributed by atoms with Gasteiger partial charge < -0.3 is 19.1 Å². The van der Waals surface area contributed by atoms with Crippen molar-refractivity contribution in [3.63, 3.8) is 0 Å². The Labute approximate surface area is 177 Å². The Kier molecular flexibility index (Phi) is 4.45. The lowest BCUT2D eigenvalue weighted by Crippen LogP contribution is -2.45. The van der Waals surface area contributed by atoms with Gasteiger partial charge in [0.2, 0.25) is 6.79 Å². The molecule has 2 aromatic carbocycles. The molecule has 0 fully saturated rings. The number of hydrogen-bond acceptors (Lipinski definition) is 5. The largest absolute Gasteiger partial charge is 0.480 e. The Bertz CT molecular complexity index is 1200. The summed E-state index contributed by atoms with van der Waals surface area (Å²) in [4.78, 5) is 24.0. The normalized spacial score (nSPS) is 19.7. The molecule has 0 saturated carbocycles. The molecule has 0 amide bonds. The number of nitrogens with zero attached hydrogens (tertiary/aromatic N) is 1. The average molecular weight is 427 g/mol. The van der Waals surface area contributed by atoms with Gasteiger partial charge >= 0.3 is 5.97 Å². The number of halogens is 1. The number of ether oxygens (including phenoxy) is 2. The van der Waals surface area contributed by atoms with E-state index < -0.39 is 12.0 Å². The summed E-state index contributed by atoms with van der Waals surface area (Å²) in [5, 5.41) is 13.9. The number of carboxylic acids is 1. The number of aromatic nitrogens is 1. The number of carbonyl (C=O) groups is 2. The van der Waals surface area contributed by atoms with Crippen LogP contribution in [0.2, 0.25) is 0 Å². The second kappa shape index (κ2) is 7.04. The van der Waals surface area contributed by atoms with Crippen LogP contribution in [0, 0.1) is 0 Å². The molecule has 154 valence electrons. The maximum absolute atomic E-state index is 12.1. The first kappa shape index (κ1) is 19.0. The molecule has 5 rings (SSSR count). The van der Waals surface area contributed by atoms with Crippen LogP contribution in [0.25, 0.3) is 10.9 Å². The molecule has 2 atom stereocenters. The monoisotopic (exact) mass is 426 g/mol. The number of rotatable bonds is 4. The predicted molar refractivity (Wildman–Crippen MR) is 111 cm³/mol. The minimum atomic E-state index is -0.920. The van der Waals surface area contributed by atoms with E-state index in [-0.39, 0.29) is 24.5 Å². The zero-order valence-corrected chi connectivity index (χ0v) is 16.9. The van der Waals surface area contributed by atoms with Gasteiger partial charge in [-0.2, -0.15) is 0 Å². The van der Waals surface area contributed by atoms with Crippen molar-refractivity contribution >= 4 is 34.3 Å². The van der Waals surface area contributed by atoms with Gasteiger partial charge in [0, 0.05) is 35.6 Å². The highest BCUT2D eigenvalue weighted by Crippen LogP contribution is 2.41. The van der Waals surface area contributed by atoms with Crippen LogP contribution in [0.5, 0.6) is 11.5 Å². The molecule has 3 heterocycles. The summed E-state index contributed by atoms with van der Waals surface area (Å²) in [5.41, 5.74) is 4.23. The van der Waals surface area contributed by atoms with Crippen molar-refractivity contribution in [2.45, 2.75) is 18.5 Å². The number of fused-ring (bicyclic) bond motifs is 4. The van der Waals surface area contributed by atoms with Crippen LogP contribution in [0.15, 0.2) is 36.4 Å². The van der Waals surface area contributed by atoms with Crippen LogP contribution in [-0.2, 0) is 18.3 Å². The Morgan fingerprint density at radius 2 is 2.00 bits per heavy atom. The van der Waals surface area contributed by atoms with Crippen molar-refractivity contribution in [1.29, 1.82) is 0 Å². The summed E-state index contributed by atoms with van der Waals surface area (Å²) < 4.78 is 13.0.